The second kappa shape index (κ2) is 7.20. The number of unbranched alkanes of at least 4 members (excludes halogenated alkanes) is 1. The van der Waals surface area contributed by atoms with Crippen LogP contribution in [0.5, 0.6) is 0 Å². The number of hydrogen-bond acceptors (Lipinski definition) is 5. The number of rotatable bonds is 6. The van der Waals surface area contributed by atoms with Gasteiger partial charge in [-0.1, -0.05) is 13.3 Å². The molecule has 0 aromatic rings. The van der Waals surface area contributed by atoms with Crippen molar-refractivity contribution in [3.05, 3.63) is 0 Å². The van der Waals surface area contributed by atoms with Gasteiger partial charge >= 0.3 is 12.0 Å². The van der Waals surface area contributed by atoms with Crippen molar-refractivity contribution in [1.82, 2.24) is 15.5 Å². The zero-order valence-corrected chi connectivity index (χ0v) is 11.6. The average Bonchev–Trinajstić information content (AvgIpc) is 2.72. The summed E-state index contributed by atoms with van der Waals surface area (Å²) in [4.78, 5) is 35.6. The summed E-state index contributed by atoms with van der Waals surface area (Å²) < 4.78 is 0. The maximum Gasteiger partial charge on any atom is 0.325 e. The average molecular weight is 286 g/mol. The Labute approximate surface area is 117 Å². The van der Waals surface area contributed by atoms with Gasteiger partial charge in [0.2, 0.25) is 5.91 Å². The highest BCUT2D eigenvalue weighted by atomic mass is 16.4. The molecule has 0 aliphatic carbocycles. The molecule has 0 bridgehead atoms. The maximum atomic E-state index is 11.6. The van der Waals surface area contributed by atoms with E-state index in [9.17, 15) is 14.4 Å². The van der Waals surface area contributed by atoms with Crippen molar-refractivity contribution >= 4 is 17.9 Å². The zero-order valence-electron chi connectivity index (χ0n) is 11.6. The van der Waals surface area contributed by atoms with E-state index in [4.69, 9.17) is 10.8 Å². The molecule has 8 nitrogen and oxygen atoms in total. The fourth-order valence-electron chi connectivity index (χ4n) is 2.02. The summed E-state index contributed by atoms with van der Waals surface area (Å²) in [6.07, 6.45) is 2.09. The molecule has 114 valence electrons. The number of amides is 3. The van der Waals surface area contributed by atoms with Crippen LogP contribution in [0.3, 0.4) is 0 Å². The molecule has 5 N–H and O–H groups in total. The molecule has 1 fully saturated rings. The number of aliphatic carboxylic acids is 1. The summed E-state index contributed by atoms with van der Waals surface area (Å²) >= 11 is 0. The van der Waals surface area contributed by atoms with Gasteiger partial charge in [0.05, 0.1) is 6.54 Å². The van der Waals surface area contributed by atoms with Crippen molar-refractivity contribution in [3.8, 4) is 0 Å². The van der Waals surface area contributed by atoms with Crippen LogP contribution in [0.15, 0.2) is 0 Å². The predicted octanol–water partition coefficient (Wildman–Crippen LogP) is -0.900. The minimum absolute atomic E-state index is 0.0343. The number of carboxylic acids is 1. The van der Waals surface area contributed by atoms with Crippen LogP contribution < -0.4 is 16.4 Å². The lowest BCUT2D eigenvalue weighted by Gasteiger charge is -2.19. The van der Waals surface area contributed by atoms with Crippen LogP contribution in [0, 0.1) is 0 Å². The van der Waals surface area contributed by atoms with Crippen LogP contribution in [0.25, 0.3) is 0 Å². The lowest BCUT2D eigenvalue weighted by atomic mass is 10.0. The van der Waals surface area contributed by atoms with E-state index in [1.54, 1.807) is 4.90 Å². The van der Waals surface area contributed by atoms with E-state index >= 15 is 0 Å². The van der Waals surface area contributed by atoms with E-state index in [-0.39, 0.29) is 19.5 Å². The first-order valence-electron chi connectivity index (χ1n) is 6.69. The van der Waals surface area contributed by atoms with E-state index in [1.165, 1.54) is 0 Å². The van der Waals surface area contributed by atoms with Crippen molar-refractivity contribution in [3.63, 3.8) is 0 Å². The Morgan fingerprint density at radius 3 is 2.65 bits per heavy atom. The third-order valence-electron chi connectivity index (χ3n) is 3.24. The minimum Gasteiger partial charge on any atom is -0.480 e. The number of carboxylic acid groups (broad SMARTS) is 1. The van der Waals surface area contributed by atoms with Gasteiger partial charge < -0.3 is 16.2 Å². The van der Waals surface area contributed by atoms with Crippen molar-refractivity contribution in [2.24, 2.45) is 5.73 Å². The highest BCUT2D eigenvalue weighted by Crippen LogP contribution is 2.18. The first kappa shape index (κ1) is 16.4. The van der Waals surface area contributed by atoms with Crippen molar-refractivity contribution in [2.45, 2.75) is 31.7 Å². The summed E-state index contributed by atoms with van der Waals surface area (Å²) in [6, 6.07) is -0.528. The maximum absolute atomic E-state index is 11.6. The van der Waals surface area contributed by atoms with E-state index in [0.717, 1.165) is 12.8 Å². The normalized spacial score (nSPS) is 22.5. The van der Waals surface area contributed by atoms with Gasteiger partial charge in [0.25, 0.3) is 0 Å². The second-order valence-corrected chi connectivity index (χ2v) is 5.08. The molecule has 1 saturated heterocycles. The Bertz CT molecular complexity index is 388. The number of nitrogens with one attached hydrogen (secondary N) is 2. The van der Waals surface area contributed by atoms with E-state index in [1.807, 2.05) is 6.92 Å². The first-order valence-corrected chi connectivity index (χ1v) is 6.69. The Balaban J connectivity index is 2.30. The summed E-state index contributed by atoms with van der Waals surface area (Å²) in [6.45, 7) is 3.01. The molecule has 1 atom stereocenters. The summed E-state index contributed by atoms with van der Waals surface area (Å²) in [5, 5.41) is 13.7. The third-order valence-corrected chi connectivity index (χ3v) is 3.24. The molecule has 1 rings (SSSR count). The van der Waals surface area contributed by atoms with Crippen LogP contribution >= 0.6 is 0 Å². The van der Waals surface area contributed by atoms with Gasteiger partial charge in [-0.05, 0) is 12.8 Å². The quantitative estimate of drug-likeness (QED) is 0.469. The summed E-state index contributed by atoms with van der Waals surface area (Å²) in [5.41, 5.74) is 4.40. The van der Waals surface area contributed by atoms with Gasteiger partial charge in [-0.2, -0.15) is 0 Å². The molecular weight excluding hydrogens is 264 g/mol. The van der Waals surface area contributed by atoms with E-state index in [0.29, 0.717) is 13.1 Å². The molecule has 0 radical (unpaired) electrons. The van der Waals surface area contributed by atoms with Gasteiger partial charge in [0, 0.05) is 19.6 Å². The number of hydrogen-bond donors (Lipinski definition) is 4. The molecule has 8 heteroatoms. The van der Waals surface area contributed by atoms with Crippen LogP contribution in [-0.4, -0.2) is 59.6 Å². The molecule has 1 aliphatic rings. The molecule has 0 aromatic heterocycles. The lowest BCUT2D eigenvalue weighted by Crippen LogP contribution is -2.51. The van der Waals surface area contributed by atoms with Crippen molar-refractivity contribution in [2.75, 3.05) is 26.2 Å². The molecule has 0 saturated carbocycles. The van der Waals surface area contributed by atoms with Crippen LogP contribution in [0.2, 0.25) is 0 Å². The summed E-state index contributed by atoms with van der Waals surface area (Å²) in [5.74, 6) is -1.54. The highest BCUT2D eigenvalue weighted by molar-refractivity contribution is 5.95. The predicted molar refractivity (Wildman–Crippen MR) is 72.1 cm³/mol. The monoisotopic (exact) mass is 286 g/mol. The Kier molecular flexibility index (Phi) is 5.90. The van der Waals surface area contributed by atoms with Gasteiger partial charge in [-0.3, -0.25) is 19.8 Å². The topological polar surface area (TPSA) is 125 Å². The zero-order chi connectivity index (χ0) is 15.2. The number of nitrogens with zero attached hydrogens (tertiary/aromatic N) is 1. The number of carbonyl (C=O) groups excluding carboxylic acids is 2. The number of carbonyl (C=O) groups is 3. The van der Waals surface area contributed by atoms with E-state index < -0.39 is 23.4 Å². The van der Waals surface area contributed by atoms with Gasteiger partial charge in [0.1, 0.15) is 5.54 Å². The number of nitrogens with two attached hydrogens (primary N) is 1. The fourth-order valence-corrected chi connectivity index (χ4v) is 2.02. The number of urea groups is 1. The smallest absolute Gasteiger partial charge is 0.325 e. The third kappa shape index (κ3) is 4.78. The fraction of sp³-hybridized carbons (Fsp3) is 0.750. The van der Waals surface area contributed by atoms with Crippen molar-refractivity contribution in [1.29, 1.82) is 0 Å². The van der Waals surface area contributed by atoms with Crippen LogP contribution in [-0.2, 0) is 9.59 Å². The largest absolute Gasteiger partial charge is 0.480 e. The SMILES string of the molecule is CCCCNC(=O)NC(=O)CN1CCC(N)(C(=O)O)C1. The Morgan fingerprint density at radius 2 is 2.10 bits per heavy atom. The Hall–Kier alpha value is -1.67. The second-order valence-electron chi connectivity index (χ2n) is 5.08. The first-order chi connectivity index (χ1) is 9.37. The van der Waals surface area contributed by atoms with E-state index in [2.05, 4.69) is 10.6 Å². The van der Waals surface area contributed by atoms with Gasteiger partial charge in [0.15, 0.2) is 0 Å². The standard InChI is InChI=1S/C12H22N4O4/c1-2-3-5-14-11(20)15-9(17)7-16-6-4-12(13,8-16)10(18)19/h2-8,13H2,1H3,(H,18,19)(H2,14,15,17,20). The molecule has 1 unspecified atom stereocenters. The molecule has 3 amide bonds. The lowest BCUT2D eigenvalue weighted by molar-refractivity contribution is -0.143. The van der Waals surface area contributed by atoms with Gasteiger partial charge in [-0.15, -0.1) is 0 Å². The Morgan fingerprint density at radius 1 is 1.40 bits per heavy atom. The molecule has 0 spiro atoms. The van der Waals surface area contributed by atoms with Gasteiger partial charge in [-0.25, -0.2) is 4.79 Å². The molecule has 20 heavy (non-hydrogen) atoms. The molecule has 1 heterocycles. The molecular formula is C12H22N4O4. The highest BCUT2D eigenvalue weighted by Gasteiger charge is 2.41. The summed E-state index contributed by atoms with van der Waals surface area (Å²) in [7, 11) is 0. The molecule has 1 aliphatic heterocycles. The van der Waals surface area contributed by atoms with Crippen molar-refractivity contribution < 1.29 is 19.5 Å². The molecule has 0 aromatic carbocycles. The van der Waals surface area contributed by atoms with Crippen LogP contribution in [0.1, 0.15) is 26.2 Å². The number of imide groups is 1. The number of likely N-dealkylation sites (tertiary alicyclic amines) is 1. The minimum atomic E-state index is -1.30. The van der Waals surface area contributed by atoms with Crippen LogP contribution in [0.4, 0.5) is 4.79 Å².